The second-order valence-electron chi connectivity index (χ2n) is 3.23. The summed E-state index contributed by atoms with van der Waals surface area (Å²) in [5.74, 6) is 0. The molecule has 0 bridgehead atoms. The fourth-order valence-corrected chi connectivity index (χ4v) is 1.01. The third-order valence-electron chi connectivity index (χ3n) is 1.74. The minimum absolute atomic E-state index is 0.0813. The van der Waals surface area contributed by atoms with E-state index in [-0.39, 0.29) is 25.3 Å². The number of carbonyl (C=O) groups excluding carboxylic acids is 1. The zero-order valence-corrected chi connectivity index (χ0v) is 8.90. The van der Waals surface area contributed by atoms with Crippen LogP contribution in [0.25, 0.3) is 0 Å². The molecule has 0 heterocycles. The Balaban J connectivity index is 4.04. The summed E-state index contributed by atoms with van der Waals surface area (Å²) in [5, 5.41) is 8.66. The highest BCUT2D eigenvalue weighted by Gasteiger charge is 2.16. The monoisotopic (exact) mass is 201 g/mol. The molecule has 0 aliphatic rings. The van der Waals surface area contributed by atoms with Gasteiger partial charge < -0.3 is 14.7 Å². The summed E-state index contributed by atoms with van der Waals surface area (Å²) in [6.45, 7) is 8.10. The van der Waals surface area contributed by atoms with Gasteiger partial charge in [-0.1, -0.05) is 12.7 Å². The molecule has 0 radical (unpaired) electrons. The molecule has 4 nitrogen and oxygen atoms in total. The van der Waals surface area contributed by atoms with Gasteiger partial charge in [0.1, 0.15) is 6.61 Å². The number of carbonyl (C=O) groups is 1. The lowest BCUT2D eigenvalue weighted by Crippen LogP contribution is -2.38. The van der Waals surface area contributed by atoms with Crippen molar-refractivity contribution in [3.8, 4) is 0 Å². The van der Waals surface area contributed by atoms with Crippen molar-refractivity contribution in [2.45, 2.75) is 26.3 Å². The molecule has 82 valence electrons. The summed E-state index contributed by atoms with van der Waals surface area (Å²) in [4.78, 5) is 13.0. The van der Waals surface area contributed by atoms with E-state index in [1.807, 2.05) is 13.8 Å². The van der Waals surface area contributed by atoms with Crippen molar-refractivity contribution >= 4 is 6.09 Å². The molecule has 1 amide bonds. The second-order valence-corrected chi connectivity index (χ2v) is 3.23. The Kier molecular flexibility index (Phi) is 6.84. The van der Waals surface area contributed by atoms with Gasteiger partial charge in [-0.3, -0.25) is 0 Å². The Hall–Kier alpha value is -1.03. The first-order chi connectivity index (χ1) is 6.63. The van der Waals surface area contributed by atoms with Crippen molar-refractivity contribution in [2.24, 2.45) is 0 Å². The third-order valence-corrected chi connectivity index (χ3v) is 1.74. The molecule has 0 aromatic rings. The van der Waals surface area contributed by atoms with E-state index in [0.29, 0.717) is 13.0 Å². The Morgan fingerprint density at radius 1 is 1.64 bits per heavy atom. The molecular weight excluding hydrogens is 182 g/mol. The van der Waals surface area contributed by atoms with E-state index in [0.717, 1.165) is 0 Å². The number of ether oxygens (including phenoxy) is 1. The van der Waals surface area contributed by atoms with E-state index in [4.69, 9.17) is 9.84 Å². The van der Waals surface area contributed by atoms with Crippen LogP contribution in [0.3, 0.4) is 0 Å². The number of amides is 1. The first kappa shape index (κ1) is 13.0. The summed E-state index contributed by atoms with van der Waals surface area (Å²) in [7, 11) is 0. The third kappa shape index (κ3) is 4.87. The van der Waals surface area contributed by atoms with Crippen molar-refractivity contribution in [1.82, 2.24) is 4.90 Å². The molecule has 0 aromatic carbocycles. The minimum Gasteiger partial charge on any atom is -0.445 e. The van der Waals surface area contributed by atoms with Gasteiger partial charge in [-0.2, -0.15) is 0 Å². The number of hydrogen-bond acceptors (Lipinski definition) is 3. The molecule has 0 fully saturated rings. The van der Waals surface area contributed by atoms with Gasteiger partial charge in [0.25, 0.3) is 0 Å². The number of rotatable bonds is 6. The highest BCUT2D eigenvalue weighted by molar-refractivity contribution is 5.68. The minimum atomic E-state index is -0.353. The van der Waals surface area contributed by atoms with Crippen molar-refractivity contribution in [3.05, 3.63) is 12.7 Å². The molecule has 0 saturated carbocycles. The Bertz CT molecular complexity index is 180. The van der Waals surface area contributed by atoms with E-state index >= 15 is 0 Å². The number of nitrogens with zero attached hydrogens (tertiary/aromatic N) is 1. The van der Waals surface area contributed by atoms with Crippen molar-refractivity contribution in [2.75, 3.05) is 19.8 Å². The van der Waals surface area contributed by atoms with E-state index in [2.05, 4.69) is 6.58 Å². The van der Waals surface area contributed by atoms with Crippen LogP contribution in [0.2, 0.25) is 0 Å². The Morgan fingerprint density at radius 3 is 2.71 bits per heavy atom. The second kappa shape index (κ2) is 7.38. The van der Waals surface area contributed by atoms with Gasteiger partial charge in [-0.15, -0.1) is 0 Å². The average molecular weight is 201 g/mol. The summed E-state index contributed by atoms with van der Waals surface area (Å²) >= 11 is 0. The van der Waals surface area contributed by atoms with Crippen LogP contribution in [0.5, 0.6) is 0 Å². The molecule has 0 aliphatic heterocycles. The average Bonchev–Trinajstić information content (AvgIpc) is 2.14. The van der Waals surface area contributed by atoms with Gasteiger partial charge in [0.05, 0.1) is 0 Å². The lowest BCUT2D eigenvalue weighted by atomic mass is 10.3. The summed E-state index contributed by atoms with van der Waals surface area (Å²) in [5.41, 5.74) is 0. The summed E-state index contributed by atoms with van der Waals surface area (Å²) < 4.78 is 4.90. The molecule has 1 N–H and O–H groups in total. The number of aliphatic hydroxyl groups excluding tert-OH is 1. The van der Waals surface area contributed by atoms with Crippen LogP contribution in [0, 0.1) is 0 Å². The molecule has 0 aliphatic carbocycles. The zero-order valence-electron chi connectivity index (χ0n) is 8.90. The zero-order chi connectivity index (χ0) is 11.0. The molecule has 0 unspecified atom stereocenters. The SMILES string of the molecule is C=CCOC(=O)N(CCCO)C(C)C. The quantitative estimate of drug-likeness (QED) is 0.661. The van der Waals surface area contributed by atoms with Crippen LogP contribution in [-0.2, 0) is 4.74 Å². The van der Waals surface area contributed by atoms with Crippen LogP contribution in [0.4, 0.5) is 4.79 Å². The molecule has 0 atom stereocenters. The van der Waals surface area contributed by atoms with E-state index in [1.165, 1.54) is 6.08 Å². The van der Waals surface area contributed by atoms with E-state index < -0.39 is 0 Å². The maximum absolute atomic E-state index is 11.4. The molecule has 4 heteroatoms. The Morgan fingerprint density at radius 2 is 2.29 bits per heavy atom. The maximum Gasteiger partial charge on any atom is 0.410 e. The van der Waals surface area contributed by atoms with Gasteiger partial charge >= 0.3 is 6.09 Å². The van der Waals surface area contributed by atoms with Crippen LogP contribution in [0.1, 0.15) is 20.3 Å². The predicted octanol–water partition coefficient (Wildman–Crippen LogP) is 1.40. The standard InChI is InChI=1S/C10H19NO3/c1-4-8-14-10(13)11(9(2)3)6-5-7-12/h4,9,12H,1,5-8H2,2-3H3. The van der Waals surface area contributed by atoms with Gasteiger partial charge in [-0.25, -0.2) is 4.79 Å². The van der Waals surface area contributed by atoms with Crippen LogP contribution < -0.4 is 0 Å². The smallest absolute Gasteiger partial charge is 0.410 e. The first-order valence-corrected chi connectivity index (χ1v) is 4.78. The van der Waals surface area contributed by atoms with E-state index in [9.17, 15) is 4.79 Å². The molecule has 0 spiro atoms. The Labute approximate surface area is 85.2 Å². The highest BCUT2D eigenvalue weighted by Crippen LogP contribution is 2.02. The predicted molar refractivity (Wildman–Crippen MR) is 55.1 cm³/mol. The largest absolute Gasteiger partial charge is 0.445 e. The van der Waals surface area contributed by atoms with Crippen LogP contribution in [-0.4, -0.2) is 41.9 Å². The van der Waals surface area contributed by atoms with E-state index in [1.54, 1.807) is 4.90 Å². The summed E-state index contributed by atoms with van der Waals surface area (Å²) in [6.07, 6.45) is 1.75. The van der Waals surface area contributed by atoms with Gasteiger partial charge in [0, 0.05) is 19.2 Å². The lowest BCUT2D eigenvalue weighted by molar-refractivity contribution is 0.0974. The fraction of sp³-hybridized carbons (Fsp3) is 0.700. The molecular formula is C10H19NO3. The highest BCUT2D eigenvalue weighted by atomic mass is 16.6. The molecule has 14 heavy (non-hydrogen) atoms. The topological polar surface area (TPSA) is 49.8 Å². The van der Waals surface area contributed by atoms with Gasteiger partial charge in [0.2, 0.25) is 0 Å². The number of aliphatic hydroxyl groups is 1. The van der Waals surface area contributed by atoms with Gasteiger partial charge in [0.15, 0.2) is 0 Å². The first-order valence-electron chi connectivity index (χ1n) is 4.78. The molecule has 0 saturated heterocycles. The van der Waals surface area contributed by atoms with Crippen molar-refractivity contribution in [3.63, 3.8) is 0 Å². The van der Waals surface area contributed by atoms with Crippen molar-refractivity contribution < 1.29 is 14.6 Å². The molecule has 0 rings (SSSR count). The van der Waals surface area contributed by atoms with Gasteiger partial charge in [-0.05, 0) is 20.3 Å². The van der Waals surface area contributed by atoms with Crippen LogP contribution >= 0.6 is 0 Å². The normalized spacial score (nSPS) is 10.0. The van der Waals surface area contributed by atoms with Crippen molar-refractivity contribution in [1.29, 1.82) is 0 Å². The fourth-order valence-electron chi connectivity index (χ4n) is 1.01. The molecule has 0 aromatic heterocycles. The maximum atomic E-state index is 11.4. The van der Waals surface area contributed by atoms with Crippen LogP contribution in [0.15, 0.2) is 12.7 Å². The number of hydrogen-bond donors (Lipinski definition) is 1. The lowest BCUT2D eigenvalue weighted by Gasteiger charge is -2.25. The summed E-state index contributed by atoms with van der Waals surface area (Å²) in [6, 6.07) is 0.0823.